The monoisotopic (exact) mass is 279 g/mol. The maximum atomic E-state index is 5.44. The van der Waals surface area contributed by atoms with Crippen molar-refractivity contribution >= 4 is 17.8 Å². The Morgan fingerprint density at radius 3 is 2.40 bits per heavy atom. The molecule has 0 radical (unpaired) electrons. The first kappa shape index (κ1) is 14.8. The van der Waals surface area contributed by atoms with Gasteiger partial charge in [-0.15, -0.1) is 0 Å². The fourth-order valence-electron chi connectivity index (χ4n) is 2.27. The van der Waals surface area contributed by atoms with Crippen LogP contribution in [0, 0.1) is 5.92 Å². The maximum Gasteiger partial charge on any atom is 0.243 e. The second-order valence-electron chi connectivity index (χ2n) is 5.32. The summed E-state index contributed by atoms with van der Waals surface area (Å²) in [5.41, 5.74) is 2.51. The number of nitrogens with zero attached hydrogens (tertiary/aromatic N) is 4. The van der Waals surface area contributed by atoms with E-state index in [1.54, 1.807) is 0 Å². The molecule has 0 amide bonds. The van der Waals surface area contributed by atoms with Crippen molar-refractivity contribution in [2.24, 2.45) is 11.8 Å². The molecule has 0 bridgehead atoms. The van der Waals surface area contributed by atoms with Crippen molar-refractivity contribution in [1.29, 1.82) is 0 Å². The molecule has 1 aromatic rings. The van der Waals surface area contributed by atoms with Gasteiger partial charge in [0.05, 0.1) is 0 Å². The molecule has 7 nitrogen and oxygen atoms in total. The van der Waals surface area contributed by atoms with Gasteiger partial charge in [0.2, 0.25) is 17.8 Å². The molecule has 1 aromatic heterocycles. The number of hydrogen-bond donors (Lipinski definition) is 3. The molecule has 112 valence electrons. The van der Waals surface area contributed by atoms with E-state index in [2.05, 4.69) is 51.4 Å². The second kappa shape index (κ2) is 6.69. The molecule has 1 saturated carbocycles. The standard InChI is InChI=1S/C13H25N7/c1-4-20(5-2)13-17-11(16-12(18-13)19-14)15-9(3)8-10-6-7-10/h9-10H,4-8,14H2,1-3H3,(H2,15,16,17,18,19). The minimum Gasteiger partial charge on any atom is -0.352 e. The Labute approximate surface area is 120 Å². The number of nitrogen functional groups attached to an aromatic ring is 1. The molecule has 1 heterocycles. The summed E-state index contributed by atoms with van der Waals surface area (Å²) in [4.78, 5) is 15.1. The van der Waals surface area contributed by atoms with Crippen LogP contribution < -0.4 is 21.5 Å². The van der Waals surface area contributed by atoms with Crippen molar-refractivity contribution < 1.29 is 0 Å². The zero-order chi connectivity index (χ0) is 14.5. The number of rotatable bonds is 8. The van der Waals surface area contributed by atoms with Crippen LogP contribution in [0.1, 0.15) is 40.0 Å². The molecular weight excluding hydrogens is 254 g/mol. The number of hydrogen-bond acceptors (Lipinski definition) is 7. The summed E-state index contributed by atoms with van der Waals surface area (Å²) in [6.07, 6.45) is 3.87. The Balaban J connectivity index is 2.11. The van der Waals surface area contributed by atoms with Crippen LogP contribution in [0.2, 0.25) is 0 Å². The first-order chi connectivity index (χ1) is 9.66. The third kappa shape index (κ3) is 3.93. The van der Waals surface area contributed by atoms with E-state index in [9.17, 15) is 0 Å². The summed E-state index contributed by atoms with van der Waals surface area (Å²) in [5, 5.41) is 3.35. The molecule has 0 aromatic carbocycles. The summed E-state index contributed by atoms with van der Waals surface area (Å²) in [6, 6.07) is 0.361. The van der Waals surface area contributed by atoms with E-state index in [4.69, 9.17) is 5.84 Å². The van der Waals surface area contributed by atoms with Crippen LogP contribution >= 0.6 is 0 Å². The molecule has 0 aliphatic heterocycles. The number of anilines is 3. The molecule has 0 saturated heterocycles. The van der Waals surface area contributed by atoms with Crippen molar-refractivity contribution in [3.05, 3.63) is 0 Å². The van der Waals surface area contributed by atoms with Crippen molar-refractivity contribution in [2.75, 3.05) is 28.7 Å². The highest BCUT2D eigenvalue weighted by Crippen LogP contribution is 2.33. The summed E-state index contributed by atoms with van der Waals surface area (Å²) >= 11 is 0. The van der Waals surface area contributed by atoms with Gasteiger partial charge >= 0.3 is 0 Å². The molecule has 1 fully saturated rings. The minimum atomic E-state index is 0.361. The lowest BCUT2D eigenvalue weighted by atomic mass is 10.2. The predicted octanol–water partition coefficient (Wildman–Crippen LogP) is 1.60. The van der Waals surface area contributed by atoms with Crippen molar-refractivity contribution in [3.63, 3.8) is 0 Å². The predicted molar refractivity (Wildman–Crippen MR) is 81.6 cm³/mol. The Morgan fingerprint density at radius 1 is 1.20 bits per heavy atom. The Hall–Kier alpha value is -1.63. The molecule has 4 N–H and O–H groups in total. The van der Waals surface area contributed by atoms with Gasteiger partial charge in [-0.25, -0.2) is 5.84 Å². The topological polar surface area (TPSA) is 92.0 Å². The second-order valence-corrected chi connectivity index (χ2v) is 5.32. The van der Waals surface area contributed by atoms with Gasteiger partial charge in [0.15, 0.2) is 0 Å². The minimum absolute atomic E-state index is 0.361. The number of hydrazine groups is 1. The van der Waals surface area contributed by atoms with Crippen LogP contribution in [0.4, 0.5) is 17.8 Å². The van der Waals surface area contributed by atoms with Gasteiger partial charge in [-0.3, -0.25) is 5.43 Å². The SMILES string of the molecule is CCN(CC)c1nc(NN)nc(NC(C)CC2CC2)n1. The molecule has 2 rings (SSSR count). The van der Waals surface area contributed by atoms with E-state index in [0.29, 0.717) is 23.9 Å². The quantitative estimate of drug-likeness (QED) is 0.491. The first-order valence-corrected chi connectivity index (χ1v) is 7.40. The number of aromatic nitrogens is 3. The lowest BCUT2D eigenvalue weighted by Crippen LogP contribution is -2.27. The highest BCUT2D eigenvalue weighted by atomic mass is 15.4. The summed E-state index contributed by atoms with van der Waals surface area (Å²) < 4.78 is 0. The average Bonchev–Trinajstić information content (AvgIpc) is 3.23. The van der Waals surface area contributed by atoms with Crippen molar-refractivity contribution in [2.45, 2.75) is 46.1 Å². The summed E-state index contributed by atoms with van der Waals surface area (Å²) in [6.45, 7) is 8.01. The molecular formula is C13H25N7. The van der Waals surface area contributed by atoms with Gasteiger partial charge < -0.3 is 10.2 Å². The number of nitrogens with one attached hydrogen (secondary N) is 2. The Kier molecular flexibility index (Phi) is 4.94. The first-order valence-electron chi connectivity index (χ1n) is 7.40. The van der Waals surface area contributed by atoms with Crippen LogP contribution in [-0.2, 0) is 0 Å². The van der Waals surface area contributed by atoms with E-state index < -0.39 is 0 Å². The van der Waals surface area contributed by atoms with Crippen LogP contribution in [0.5, 0.6) is 0 Å². The van der Waals surface area contributed by atoms with E-state index in [-0.39, 0.29) is 0 Å². The largest absolute Gasteiger partial charge is 0.352 e. The van der Waals surface area contributed by atoms with Gasteiger partial charge in [0.25, 0.3) is 0 Å². The zero-order valence-corrected chi connectivity index (χ0v) is 12.6. The fourth-order valence-corrected chi connectivity index (χ4v) is 2.27. The molecule has 1 aliphatic carbocycles. The zero-order valence-electron chi connectivity index (χ0n) is 12.6. The molecule has 7 heteroatoms. The smallest absolute Gasteiger partial charge is 0.243 e. The maximum absolute atomic E-state index is 5.44. The lowest BCUT2D eigenvalue weighted by molar-refractivity contribution is 0.636. The van der Waals surface area contributed by atoms with Crippen LogP contribution in [0.15, 0.2) is 0 Å². The Morgan fingerprint density at radius 2 is 1.85 bits per heavy atom. The van der Waals surface area contributed by atoms with Gasteiger partial charge in [-0.1, -0.05) is 12.8 Å². The van der Waals surface area contributed by atoms with E-state index in [0.717, 1.165) is 25.4 Å². The average molecular weight is 279 g/mol. The third-order valence-corrected chi connectivity index (χ3v) is 3.56. The van der Waals surface area contributed by atoms with E-state index >= 15 is 0 Å². The molecule has 1 unspecified atom stereocenters. The lowest BCUT2D eigenvalue weighted by Gasteiger charge is -2.20. The third-order valence-electron chi connectivity index (χ3n) is 3.56. The highest BCUT2D eigenvalue weighted by Gasteiger charge is 2.24. The fraction of sp³-hybridized carbons (Fsp3) is 0.769. The number of nitrogens with two attached hydrogens (primary N) is 1. The van der Waals surface area contributed by atoms with Crippen LogP contribution in [0.3, 0.4) is 0 Å². The van der Waals surface area contributed by atoms with Gasteiger partial charge in [0, 0.05) is 19.1 Å². The summed E-state index contributed by atoms with van der Waals surface area (Å²) in [5.74, 6) is 7.94. The molecule has 0 spiro atoms. The molecule has 1 atom stereocenters. The van der Waals surface area contributed by atoms with Gasteiger partial charge in [0.1, 0.15) is 0 Å². The highest BCUT2D eigenvalue weighted by molar-refractivity contribution is 5.43. The van der Waals surface area contributed by atoms with E-state index in [1.165, 1.54) is 12.8 Å². The Bertz CT molecular complexity index is 429. The molecule has 1 aliphatic rings. The van der Waals surface area contributed by atoms with Crippen LogP contribution in [-0.4, -0.2) is 34.1 Å². The van der Waals surface area contributed by atoms with Crippen LogP contribution in [0.25, 0.3) is 0 Å². The summed E-state index contributed by atoms with van der Waals surface area (Å²) in [7, 11) is 0. The molecule has 20 heavy (non-hydrogen) atoms. The normalized spacial score (nSPS) is 15.8. The van der Waals surface area contributed by atoms with Crippen molar-refractivity contribution in [1.82, 2.24) is 15.0 Å². The van der Waals surface area contributed by atoms with Gasteiger partial charge in [-0.05, 0) is 33.1 Å². The van der Waals surface area contributed by atoms with E-state index in [1.807, 2.05) is 0 Å². The van der Waals surface area contributed by atoms with Crippen molar-refractivity contribution in [3.8, 4) is 0 Å². The van der Waals surface area contributed by atoms with Gasteiger partial charge in [-0.2, -0.15) is 15.0 Å².